The summed E-state index contributed by atoms with van der Waals surface area (Å²) in [5, 5.41) is 0. The van der Waals surface area contributed by atoms with E-state index in [9.17, 15) is 30.8 Å². The van der Waals surface area contributed by atoms with Gasteiger partial charge in [0.15, 0.2) is 0 Å². The lowest BCUT2D eigenvalue weighted by atomic mass is 9.75. The Morgan fingerprint density at radius 1 is 1.06 bits per heavy atom. The minimum absolute atomic E-state index is 0. The lowest BCUT2D eigenvalue weighted by molar-refractivity contribution is -0.284. The van der Waals surface area contributed by atoms with Gasteiger partial charge in [-0.2, -0.15) is 13.1 Å². The number of hydrogen-bond acceptors (Lipinski definition) is 5. The van der Waals surface area contributed by atoms with E-state index < -0.39 is 52.8 Å². The van der Waals surface area contributed by atoms with Crippen LogP contribution in [0.15, 0.2) is 30.3 Å². The van der Waals surface area contributed by atoms with E-state index >= 15 is 0 Å². The van der Waals surface area contributed by atoms with Gasteiger partial charge < -0.3 is 0 Å². The molecule has 2 fully saturated rings. The Morgan fingerprint density at radius 2 is 1.63 bits per heavy atom. The number of hydrogen-bond donors (Lipinski definition) is 1. The molecule has 0 aromatic heterocycles. The van der Waals surface area contributed by atoms with E-state index in [2.05, 4.69) is 4.84 Å². The summed E-state index contributed by atoms with van der Waals surface area (Å²) < 4.78 is 83.6. The van der Waals surface area contributed by atoms with E-state index in [1.165, 1.54) is 16.4 Å². The van der Waals surface area contributed by atoms with Crippen LogP contribution < -0.4 is 5.48 Å². The topological polar surface area (TPSA) is 79.0 Å². The summed E-state index contributed by atoms with van der Waals surface area (Å²) in [7, 11) is -3.44. The number of piperazine rings is 1. The minimum atomic E-state index is -3.82. The van der Waals surface area contributed by atoms with Gasteiger partial charge in [-0.25, -0.2) is 27.5 Å². The summed E-state index contributed by atoms with van der Waals surface area (Å²) in [5.74, 6) is -3.79. The summed E-state index contributed by atoms with van der Waals surface area (Å²) in [6, 6.07) is 7.69. The molecule has 0 spiro atoms. The highest BCUT2D eigenvalue weighted by Gasteiger charge is 2.53. The molecule has 0 atom stereocenters. The molecule has 1 aliphatic heterocycles. The van der Waals surface area contributed by atoms with Crippen LogP contribution in [-0.4, -0.2) is 73.0 Å². The average molecular weight is 546 g/mol. The zero-order chi connectivity index (χ0) is 25.0. The molecule has 1 saturated heterocycles. The Hall–Kier alpha value is -1.47. The van der Waals surface area contributed by atoms with E-state index in [1.54, 1.807) is 35.5 Å². The van der Waals surface area contributed by atoms with Crippen LogP contribution in [0.1, 0.15) is 55.8 Å². The highest BCUT2D eigenvalue weighted by molar-refractivity contribution is 7.89. The Balaban J connectivity index is 0.00000432. The maximum atomic E-state index is 14.9. The van der Waals surface area contributed by atoms with Crippen molar-refractivity contribution in [1.82, 2.24) is 14.7 Å². The van der Waals surface area contributed by atoms with Gasteiger partial charge in [-0.3, -0.25) is 9.69 Å². The molecule has 3 rings (SSSR count). The standard InChI is InChI=1S/C22H31F4N3O4S.ClH/c1-2-16-34(31,32)29-14-12-28(13-15-29)20(8-10-21(23,24)11-9-20)17-22(25,26)33-27-19(30)18-6-4-3-5-7-18;/h3-7H,2,8-17H2,1H3,(H,27,30);1H. The van der Waals surface area contributed by atoms with Crippen molar-refractivity contribution in [3.8, 4) is 0 Å². The highest BCUT2D eigenvalue weighted by Crippen LogP contribution is 2.46. The first-order valence-electron chi connectivity index (χ1n) is 11.4. The molecule has 2 aliphatic rings. The molecular formula is C22H32ClF4N3O4S. The quantitative estimate of drug-likeness (QED) is 0.374. The van der Waals surface area contributed by atoms with E-state index in [1.807, 2.05) is 0 Å². The van der Waals surface area contributed by atoms with Gasteiger partial charge >= 0.3 is 6.11 Å². The van der Waals surface area contributed by atoms with Crippen LogP contribution in [0.2, 0.25) is 0 Å². The van der Waals surface area contributed by atoms with Gasteiger partial charge in [-0.1, -0.05) is 25.1 Å². The van der Waals surface area contributed by atoms with Crippen molar-refractivity contribution in [2.45, 2.75) is 63.0 Å². The summed E-state index contributed by atoms with van der Waals surface area (Å²) >= 11 is 0. The Bertz CT molecular complexity index is 935. The molecule has 7 nitrogen and oxygen atoms in total. The molecule has 0 unspecified atom stereocenters. The van der Waals surface area contributed by atoms with Crippen LogP contribution in [0.3, 0.4) is 0 Å². The molecule has 1 aromatic carbocycles. The fourth-order valence-electron chi connectivity index (χ4n) is 4.70. The predicted molar refractivity (Wildman–Crippen MR) is 125 cm³/mol. The van der Waals surface area contributed by atoms with E-state index in [0.717, 1.165) is 0 Å². The van der Waals surface area contributed by atoms with Crippen LogP contribution in [0.25, 0.3) is 0 Å². The number of benzene rings is 1. The molecule has 0 bridgehead atoms. The SMILES string of the molecule is CCCS(=O)(=O)N1CCN(C2(CC(F)(F)ONC(=O)c3ccccc3)CCC(F)(F)CC2)CC1.Cl. The smallest absolute Gasteiger partial charge is 0.295 e. The van der Waals surface area contributed by atoms with Gasteiger partial charge in [-0.15, -0.1) is 12.4 Å². The lowest BCUT2D eigenvalue weighted by Crippen LogP contribution is -2.61. The van der Waals surface area contributed by atoms with Crippen molar-refractivity contribution in [2.75, 3.05) is 31.9 Å². The zero-order valence-corrected chi connectivity index (χ0v) is 21.2. The molecule has 1 heterocycles. The van der Waals surface area contributed by atoms with Crippen molar-refractivity contribution in [2.24, 2.45) is 0 Å². The number of rotatable bonds is 9. The summed E-state index contributed by atoms with van der Waals surface area (Å²) in [6.07, 6.45) is -5.72. The van der Waals surface area contributed by atoms with Crippen LogP contribution in [0, 0.1) is 0 Å². The normalized spacial score (nSPS) is 21.2. The monoisotopic (exact) mass is 545 g/mol. The number of nitrogens with zero attached hydrogens (tertiary/aromatic N) is 2. The first-order chi connectivity index (χ1) is 15.9. The van der Waals surface area contributed by atoms with Crippen LogP contribution >= 0.6 is 12.4 Å². The fraction of sp³-hybridized carbons (Fsp3) is 0.682. The summed E-state index contributed by atoms with van der Waals surface area (Å²) in [5.41, 5.74) is 0.595. The zero-order valence-electron chi connectivity index (χ0n) is 19.5. The van der Waals surface area contributed by atoms with Crippen molar-refractivity contribution < 1.29 is 35.6 Å². The number of hydroxylamine groups is 1. The van der Waals surface area contributed by atoms with Gasteiger partial charge in [0.25, 0.3) is 5.91 Å². The number of carbonyl (C=O) groups is 1. The number of alkyl halides is 4. The van der Waals surface area contributed by atoms with Gasteiger partial charge in [0.1, 0.15) is 0 Å². The molecular weight excluding hydrogens is 514 g/mol. The van der Waals surface area contributed by atoms with Gasteiger partial charge in [0, 0.05) is 50.1 Å². The van der Waals surface area contributed by atoms with E-state index in [0.29, 0.717) is 6.42 Å². The number of amides is 1. The molecule has 13 heteroatoms. The first-order valence-corrected chi connectivity index (χ1v) is 13.0. The maximum Gasteiger partial charge on any atom is 0.376 e. The van der Waals surface area contributed by atoms with E-state index in [-0.39, 0.29) is 62.7 Å². The summed E-state index contributed by atoms with van der Waals surface area (Å²) in [4.78, 5) is 18.3. The second-order valence-electron chi connectivity index (χ2n) is 9.00. The van der Waals surface area contributed by atoms with Gasteiger partial charge in [0.05, 0.1) is 12.2 Å². The molecule has 1 saturated carbocycles. The predicted octanol–water partition coefficient (Wildman–Crippen LogP) is 4.06. The first kappa shape index (κ1) is 29.8. The maximum absolute atomic E-state index is 14.9. The second kappa shape index (κ2) is 11.7. The fourth-order valence-corrected chi connectivity index (χ4v) is 6.20. The van der Waals surface area contributed by atoms with Gasteiger partial charge in [0.2, 0.25) is 15.9 Å². The van der Waals surface area contributed by atoms with Crippen LogP contribution in [0.5, 0.6) is 0 Å². The molecule has 200 valence electrons. The molecule has 1 aromatic rings. The molecule has 0 radical (unpaired) electrons. The Morgan fingerprint density at radius 3 is 2.17 bits per heavy atom. The third-order valence-electron chi connectivity index (χ3n) is 6.54. The Labute approximate surface area is 209 Å². The van der Waals surface area contributed by atoms with Crippen molar-refractivity contribution in [3.63, 3.8) is 0 Å². The average Bonchev–Trinajstić information content (AvgIpc) is 2.80. The molecule has 1 N–H and O–H groups in total. The van der Waals surface area contributed by atoms with Gasteiger partial charge in [-0.05, 0) is 31.4 Å². The van der Waals surface area contributed by atoms with Crippen molar-refractivity contribution in [1.29, 1.82) is 0 Å². The third-order valence-corrected chi connectivity index (χ3v) is 8.62. The largest absolute Gasteiger partial charge is 0.376 e. The van der Waals surface area contributed by atoms with Crippen LogP contribution in [0.4, 0.5) is 17.6 Å². The van der Waals surface area contributed by atoms with E-state index in [4.69, 9.17) is 0 Å². The number of carbonyl (C=O) groups excluding carboxylic acids is 1. The Kier molecular flexibility index (Phi) is 9.96. The molecule has 35 heavy (non-hydrogen) atoms. The number of nitrogens with one attached hydrogen (secondary N) is 1. The van der Waals surface area contributed by atoms with Crippen molar-refractivity contribution in [3.05, 3.63) is 35.9 Å². The van der Waals surface area contributed by atoms with Crippen molar-refractivity contribution >= 4 is 28.3 Å². The second-order valence-corrected chi connectivity index (χ2v) is 11.1. The third kappa shape index (κ3) is 7.75. The molecule has 1 amide bonds. The highest BCUT2D eigenvalue weighted by atomic mass is 35.5. The lowest BCUT2D eigenvalue weighted by Gasteiger charge is -2.51. The minimum Gasteiger partial charge on any atom is -0.295 e. The molecule has 1 aliphatic carbocycles. The number of halogens is 5. The van der Waals surface area contributed by atoms with Crippen LogP contribution in [-0.2, 0) is 14.9 Å². The number of sulfonamides is 1. The summed E-state index contributed by atoms with van der Waals surface area (Å²) in [6.45, 7) is 2.28.